The molecular formula is C10H14F3NO5S. The van der Waals surface area contributed by atoms with Gasteiger partial charge in [-0.2, -0.15) is 13.2 Å². The average Bonchev–Trinajstić information content (AvgIpc) is 2.55. The van der Waals surface area contributed by atoms with Crippen molar-refractivity contribution in [2.45, 2.75) is 31.5 Å². The molecule has 0 aromatic carbocycles. The van der Waals surface area contributed by atoms with Gasteiger partial charge in [0.15, 0.2) is 9.84 Å². The first-order valence-electron chi connectivity index (χ1n) is 5.69. The topological polar surface area (TPSA) is 101 Å². The van der Waals surface area contributed by atoms with Crippen LogP contribution in [0.5, 0.6) is 0 Å². The Morgan fingerprint density at radius 3 is 2.25 bits per heavy atom. The lowest BCUT2D eigenvalue weighted by atomic mass is 9.99. The second-order valence-corrected chi connectivity index (χ2v) is 7.18. The van der Waals surface area contributed by atoms with Crippen LogP contribution in [0.4, 0.5) is 13.2 Å². The molecule has 2 unspecified atom stereocenters. The number of hydrogen-bond acceptors (Lipinski definition) is 4. The molecule has 116 valence electrons. The minimum atomic E-state index is -5.16. The van der Waals surface area contributed by atoms with Gasteiger partial charge in [-0.1, -0.05) is 0 Å². The number of aliphatic carboxylic acids is 1. The Kier molecular flexibility index (Phi) is 4.37. The normalized spacial score (nSPS) is 24.9. The number of carbonyl (C=O) groups excluding carboxylic acids is 1. The zero-order valence-corrected chi connectivity index (χ0v) is 11.3. The number of nitrogens with one attached hydrogen (secondary N) is 1. The fourth-order valence-corrected chi connectivity index (χ4v) is 3.73. The summed E-state index contributed by atoms with van der Waals surface area (Å²) < 4.78 is 60.3. The van der Waals surface area contributed by atoms with E-state index in [0.717, 1.165) is 0 Å². The zero-order chi connectivity index (χ0) is 15.8. The molecule has 20 heavy (non-hydrogen) atoms. The minimum absolute atomic E-state index is 0.111. The SMILES string of the molecule is CC(NC(=O)CC1CCS(=O)(=O)C1)(C(=O)O)C(F)(F)F. The van der Waals surface area contributed by atoms with E-state index in [1.807, 2.05) is 0 Å². The molecule has 1 amide bonds. The summed E-state index contributed by atoms with van der Waals surface area (Å²) in [5.41, 5.74) is -3.39. The number of alkyl halides is 3. The molecule has 1 fully saturated rings. The average molecular weight is 317 g/mol. The summed E-state index contributed by atoms with van der Waals surface area (Å²) >= 11 is 0. The maximum Gasteiger partial charge on any atom is 0.422 e. The number of carbonyl (C=O) groups is 2. The van der Waals surface area contributed by atoms with Gasteiger partial charge in [-0.05, 0) is 19.3 Å². The van der Waals surface area contributed by atoms with Gasteiger partial charge in [0.1, 0.15) is 0 Å². The number of amides is 1. The smallest absolute Gasteiger partial charge is 0.422 e. The molecule has 1 rings (SSSR count). The van der Waals surface area contributed by atoms with Crippen LogP contribution in [0.15, 0.2) is 0 Å². The van der Waals surface area contributed by atoms with E-state index in [2.05, 4.69) is 0 Å². The number of carboxylic acids is 1. The number of carboxylic acid groups (broad SMARTS) is 1. The van der Waals surface area contributed by atoms with Gasteiger partial charge in [0.25, 0.3) is 0 Å². The highest BCUT2D eigenvalue weighted by Crippen LogP contribution is 2.31. The van der Waals surface area contributed by atoms with Crippen molar-refractivity contribution >= 4 is 21.7 Å². The lowest BCUT2D eigenvalue weighted by Crippen LogP contribution is -2.62. The third kappa shape index (κ3) is 3.62. The van der Waals surface area contributed by atoms with Gasteiger partial charge in [0.2, 0.25) is 11.4 Å². The van der Waals surface area contributed by atoms with Crippen LogP contribution in [0.3, 0.4) is 0 Å². The molecule has 0 aliphatic carbocycles. The molecule has 1 heterocycles. The van der Waals surface area contributed by atoms with Crippen molar-refractivity contribution in [3.8, 4) is 0 Å². The van der Waals surface area contributed by atoms with Crippen LogP contribution < -0.4 is 5.32 Å². The molecule has 2 atom stereocenters. The first kappa shape index (κ1) is 16.7. The minimum Gasteiger partial charge on any atom is -0.479 e. The van der Waals surface area contributed by atoms with Crippen molar-refractivity contribution < 1.29 is 36.3 Å². The molecule has 2 N–H and O–H groups in total. The predicted octanol–water partition coefficient (Wildman–Crippen LogP) is 0.333. The van der Waals surface area contributed by atoms with Gasteiger partial charge in [0, 0.05) is 6.42 Å². The van der Waals surface area contributed by atoms with Crippen LogP contribution in [0.2, 0.25) is 0 Å². The zero-order valence-electron chi connectivity index (χ0n) is 10.5. The summed E-state index contributed by atoms with van der Waals surface area (Å²) in [5.74, 6) is -4.31. The van der Waals surface area contributed by atoms with Crippen LogP contribution in [0.1, 0.15) is 19.8 Å². The molecule has 0 spiro atoms. The molecular weight excluding hydrogens is 303 g/mol. The highest BCUT2D eigenvalue weighted by atomic mass is 32.2. The third-order valence-corrected chi connectivity index (χ3v) is 5.02. The first-order valence-corrected chi connectivity index (χ1v) is 7.51. The van der Waals surface area contributed by atoms with Gasteiger partial charge in [-0.3, -0.25) is 4.79 Å². The van der Waals surface area contributed by atoms with E-state index in [-0.39, 0.29) is 17.9 Å². The van der Waals surface area contributed by atoms with E-state index in [4.69, 9.17) is 5.11 Å². The lowest BCUT2D eigenvalue weighted by molar-refractivity contribution is -0.207. The maximum atomic E-state index is 12.7. The Morgan fingerprint density at radius 1 is 1.35 bits per heavy atom. The van der Waals surface area contributed by atoms with Gasteiger partial charge in [-0.25, -0.2) is 13.2 Å². The molecule has 6 nitrogen and oxygen atoms in total. The lowest BCUT2D eigenvalue weighted by Gasteiger charge is -2.28. The molecule has 0 aromatic heterocycles. The molecule has 0 radical (unpaired) electrons. The quantitative estimate of drug-likeness (QED) is 0.778. The van der Waals surface area contributed by atoms with Crippen molar-refractivity contribution in [3.63, 3.8) is 0 Å². The van der Waals surface area contributed by atoms with E-state index in [1.54, 1.807) is 0 Å². The van der Waals surface area contributed by atoms with Crippen LogP contribution in [0.25, 0.3) is 0 Å². The molecule has 10 heteroatoms. The van der Waals surface area contributed by atoms with E-state index in [1.165, 1.54) is 5.32 Å². The van der Waals surface area contributed by atoms with Crippen molar-refractivity contribution in [2.75, 3.05) is 11.5 Å². The van der Waals surface area contributed by atoms with Crippen LogP contribution in [0, 0.1) is 5.92 Å². The van der Waals surface area contributed by atoms with Crippen molar-refractivity contribution in [2.24, 2.45) is 5.92 Å². The van der Waals surface area contributed by atoms with Crippen molar-refractivity contribution in [1.29, 1.82) is 0 Å². The number of halogens is 3. The monoisotopic (exact) mass is 317 g/mol. The Balaban J connectivity index is 2.72. The van der Waals surface area contributed by atoms with E-state index < -0.39 is 45.8 Å². The Bertz CT molecular complexity index is 515. The summed E-state index contributed by atoms with van der Waals surface area (Å²) in [7, 11) is -3.25. The molecule has 1 aliphatic rings. The number of sulfone groups is 1. The van der Waals surface area contributed by atoms with E-state index in [0.29, 0.717) is 6.92 Å². The largest absolute Gasteiger partial charge is 0.479 e. The van der Waals surface area contributed by atoms with Crippen molar-refractivity contribution in [1.82, 2.24) is 5.32 Å². The number of rotatable bonds is 4. The van der Waals surface area contributed by atoms with Crippen LogP contribution >= 0.6 is 0 Å². The standard InChI is InChI=1S/C10H14F3NO5S/c1-9(8(16)17,10(11,12)13)14-7(15)4-6-2-3-20(18,19)5-6/h6H,2-5H2,1H3,(H,14,15)(H,16,17). The van der Waals surface area contributed by atoms with Crippen LogP contribution in [-0.4, -0.2) is 48.6 Å². The van der Waals surface area contributed by atoms with Gasteiger partial charge in [0.05, 0.1) is 11.5 Å². The Hall–Kier alpha value is -1.32. The summed E-state index contributed by atoms with van der Waals surface area (Å²) in [6.07, 6.45) is -5.42. The van der Waals surface area contributed by atoms with E-state index in [9.17, 15) is 31.2 Å². The summed E-state index contributed by atoms with van der Waals surface area (Å²) in [5, 5.41) is 10.1. The first-order chi connectivity index (χ1) is 8.87. The summed E-state index contributed by atoms with van der Waals surface area (Å²) in [4.78, 5) is 22.2. The maximum absolute atomic E-state index is 12.7. The summed E-state index contributed by atoms with van der Waals surface area (Å²) in [6, 6.07) is 0. The van der Waals surface area contributed by atoms with Gasteiger partial charge < -0.3 is 10.4 Å². The Morgan fingerprint density at radius 2 is 1.90 bits per heavy atom. The molecule has 0 saturated carbocycles. The second-order valence-electron chi connectivity index (χ2n) is 4.95. The van der Waals surface area contributed by atoms with Crippen LogP contribution in [-0.2, 0) is 19.4 Å². The van der Waals surface area contributed by atoms with Gasteiger partial charge >= 0.3 is 12.1 Å². The highest BCUT2D eigenvalue weighted by Gasteiger charge is 2.58. The predicted molar refractivity (Wildman–Crippen MR) is 61.6 cm³/mol. The van der Waals surface area contributed by atoms with Gasteiger partial charge in [-0.15, -0.1) is 0 Å². The molecule has 0 aromatic rings. The van der Waals surface area contributed by atoms with E-state index >= 15 is 0 Å². The molecule has 1 aliphatic heterocycles. The van der Waals surface area contributed by atoms with Crippen molar-refractivity contribution in [3.05, 3.63) is 0 Å². The molecule has 1 saturated heterocycles. The fraction of sp³-hybridized carbons (Fsp3) is 0.800. The third-order valence-electron chi connectivity index (χ3n) is 3.18. The second kappa shape index (κ2) is 5.23. The highest BCUT2D eigenvalue weighted by molar-refractivity contribution is 7.91. The summed E-state index contributed by atoms with van der Waals surface area (Å²) in [6.45, 7) is 0.346. The fourth-order valence-electron chi connectivity index (χ4n) is 1.87. The number of hydrogen-bond donors (Lipinski definition) is 2. The Labute approximate surface area is 113 Å². The molecule has 0 bridgehead atoms.